The van der Waals surface area contributed by atoms with Crippen LogP contribution in [-0.2, 0) is 18.4 Å². The van der Waals surface area contributed by atoms with E-state index >= 15 is 0 Å². The van der Waals surface area contributed by atoms with Crippen LogP contribution in [0.15, 0.2) is 47.6 Å². The topological polar surface area (TPSA) is 71.8 Å². The second kappa shape index (κ2) is 8.88. The van der Waals surface area contributed by atoms with Gasteiger partial charge in [-0.2, -0.15) is 0 Å². The molecule has 0 atom stereocenters. The van der Waals surface area contributed by atoms with Crippen LogP contribution in [0.4, 0.5) is 15.8 Å². The van der Waals surface area contributed by atoms with Gasteiger partial charge in [0.15, 0.2) is 11.0 Å². The third-order valence-corrected chi connectivity index (χ3v) is 5.24. The fourth-order valence-corrected chi connectivity index (χ4v) is 3.29. The average Bonchev–Trinajstić information content (AvgIpc) is 3.02. The van der Waals surface area contributed by atoms with Crippen LogP contribution in [0.5, 0.6) is 0 Å². The van der Waals surface area contributed by atoms with E-state index in [0.717, 1.165) is 28.3 Å². The molecule has 146 valence electrons. The van der Waals surface area contributed by atoms with Crippen molar-refractivity contribution >= 4 is 29.0 Å². The molecule has 0 aliphatic carbocycles. The summed E-state index contributed by atoms with van der Waals surface area (Å²) in [4.78, 5) is 12.3. The second-order valence-corrected chi connectivity index (χ2v) is 7.42. The zero-order chi connectivity index (χ0) is 20.1. The Morgan fingerprint density at radius 1 is 1.14 bits per heavy atom. The van der Waals surface area contributed by atoms with Crippen molar-refractivity contribution in [2.45, 2.75) is 25.5 Å². The van der Waals surface area contributed by atoms with E-state index in [1.165, 1.54) is 23.9 Å². The molecule has 0 bridgehead atoms. The van der Waals surface area contributed by atoms with Gasteiger partial charge >= 0.3 is 0 Å². The second-order valence-electron chi connectivity index (χ2n) is 6.47. The van der Waals surface area contributed by atoms with Crippen LogP contribution in [-0.4, -0.2) is 26.4 Å². The van der Waals surface area contributed by atoms with E-state index < -0.39 is 0 Å². The van der Waals surface area contributed by atoms with Crippen molar-refractivity contribution in [3.63, 3.8) is 0 Å². The minimum atomic E-state index is -0.276. The minimum absolute atomic E-state index is 0.0901. The SMILES string of the molecule is Cc1ccc(C)c(NC(=O)CSc2nnc(CNc3ccc(F)cc3)n2C)c1. The normalized spacial score (nSPS) is 10.7. The Balaban J connectivity index is 1.54. The predicted molar refractivity (Wildman–Crippen MR) is 110 cm³/mol. The number of aromatic nitrogens is 3. The fourth-order valence-electron chi connectivity index (χ4n) is 2.56. The molecule has 8 heteroatoms. The van der Waals surface area contributed by atoms with Gasteiger partial charge in [-0.1, -0.05) is 23.9 Å². The summed E-state index contributed by atoms with van der Waals surface area (Å²) < 4.78 is 14.8. The molecule has 1 aromatic heterocycles. The third-order valence-electron chi connectivity index (χ3n) is 4.22. The molecule has 0 aliphatic rings. The van der Waals surface area contributed by atoms with Crippen molar-refractivity contribution in [2.24, 2.45) is 7.05 Å². The van der Waals surface area contributed by atoms with Crippen molar-refractivity contribution < 1.29 is 9.18 Å². The Morgan fingerprint density at radius 2 is 1.89 bits per heavy atom. The monoisotopic (exact) mass is 399 g/mol. The lowest BCUT2D eigenvalue weighted by molar-refractivity contribution is -0.113. The molecule has 1 amide bonds. The number of benzene rings is 2. The lowest BCUT2D eigenvalue weighted by Crippen LogP contribution is -2.15. The number of thioether (sulfide) groups is 1. The van der Waals surface area contributed by atoms with Gasteiger partial charge in [0.25, 0.3) is 0 Å². The van der Waals surface area contributed by atoms with Gasteiger partial charge in [-0.15, -0.1) is 10.2 Å². The molecular formula is C20H22FN5OS. The summed E-state index contributed by atoms with van der Waals surface area (Å²) in [6.07, 6.45) is 0. The van der Waals surface area contributed by atoms with Crippen molar-refractivity contribution in [3.05, 3.63) is 65.2 Å². The summed E-state index contributed by atoms with van der Waals surface area (Å²) >= 11 is 1.33. The highest BCUT2D eigenvalue weighted by atomic mass is 32.2. The highest BCUT2D eigenvalue weighted by Gasteiger charge is 2.12. The van der Waals surface area contributed by atoms with Crippen LogP contribution >= 0.6 is 11.8 Å². The summed E-state index contributed by atoms with van der Waals surface area (Å²) in [6, 6.07) is 12.1. The molecule has 0 saturated carbocycles. The lowest BCUT2D eigenvalue weighted by atomic mass is 10.1. The Morgan fingerprint density at radius 3 is 2.64 bits per heavy atom. The summed E-state index contributed by atoms with van der Waals surface area (Å²) in [6.45, 7) is 4.40. The molecule has 0 spiro atoms. The quantitative estimate of drug-likeness (QED) is 0.590. The van der Waals surface area contributed by atoms with E-state index in [1.54, 1.807) is 12.1 Å². The maximum Gasteiger partial charge on any atom is 0.234 e. The van der Waals surface area contributed by atoms with Gasteiger partial charge in [-0.05, 0) is 55.3 Å². The van der Waals surface area contributed by atoms with Crippen molar-refractivity contribution in [1.82, 2.24) is 14.8 Å². The van der Waals surface area contributed by atoms with Crippen LogP contribution < -0.4 is 10.6 Å². The fraction of sp³-hybridized carbons (Fsp3) is 0.250. The number of rotatable bonds is 7. The van der Waals surface area contributed by atoms with Crippen LogP contribution in [0.3, 0.4) is 0 Å². The number of halogens is 1. The van der Waals surface area contributed by atoms with Gasteiger partial charge in [0.1, 0.15) is 5.82 Å². The number of aryl methyl sites for hydroxylation is 2. The average molecular weight is 399 g/mol. The number of hydrogen-bond donors (Lipinski definition) is 2. The predicted octanol–water partition coefficient (Wildman–Crippen LogP) is 3.91. The van der Waals surface area contributed by atoms with E-state index in [1.807, 2.05) is 43.7 Å². The first-order valence-corrected chi connectivity index (χ1v) is 9.78. The van der Waals surface area contributed by atoms with Crippen molar-refractivity contribution in [1.29, 1.82) is 0 Å². The van der Waals surface area contributed by atoms with Gasteiger partial charge in [0.2, 0.25) is 5.91 Å². The van der Waals surface area contributed by atoms with E-state index in [-0.39, 0.29) is 17.5 Å². The molecule has 2 aromatic carbocycles. The van der Waals surface area contributed by atoms with Crippen LogP contribution in [0, 0.1) is 19.7 Å². The molecule has 0 radical (unpaired) electrons. The summed E-state index contributed by atoms with van der Waals surface area (Å²) in [5.41, 5.74) is 3.75. The number of carbonyl (C=O) groups excluding carboxylic acids is 1. The first-order chi connectivity index (χ1) is 13.4. The van der Waals surface area contributed by atoms with Gasteiger partial charge in [0, 0.05) is 18.4 Å². The maximum absolute atomic E-state index is 13.0. The molecule has 0 aliphatic heterocycles. The molecule has 6 nitrogen and oxygen atoms in total. The summed E-state index contributed by atoms with van der Waals surface area (Å²) in [5, 5.41) is 15.1. The number of amides is 1. The number of anilines is 2. The van der Waals surface area contributed by atoms with Crippen molar-refractivity contribution in [2.75, 3.05) is 16.4 Å². The van der Waals surface area contributed by atoms with Gasteiger partial charge < -0.3 is 15.2 Å². The Bertz CT molecular complexity index is 971. The highest BCUT2D eigenvalue weighted by molar-refractivity contribution is 7.99. The zero-order valence-electron chi connectivity index (χ0n) is 16.0. The van der Waals surface area contributed by atoms with Gasteiger partial charge in [-0.3, -0.25) is 4.79 Å². The number of carbonyl (C=O) groups is 1. The molecule has 2 N–H and O–H groups in total. The molecule has 0 saturated heterocycles. The minimum Gasteiger partial charge on any atom is -0.378 e. The van der Waals surface area contributed by atoms with E-state index in [9.17, 15) is 9.18 Å². The largest absolute Gasteiger partial charge is 0.378 e. The Hall–Kier alpha value is -2.87. The van der Waals surface area contributed by atoms with E-state index in [0.29, 0.717) is 11.7 Å². The molecule has 0 fully saturated rings. The Kier molecular flexibility index (Phi) is 6.30. The van der Waals surface area contributed by atoms with E-state index in [4.69, 9.17) is 0 Å². The number of nitrogens with zero attached hydrogens (tertiary/aromatic N) is 3. The smallest absolute Gasteiger partial charge is 0.234 e. The maximum atomic E-state index is 13.0. The lowest BCUT2D eigenvalue weighted by Gasteiger charge is -2.09. The van der Waals surface area contributed by atoms with Crippen LogP contribution in [0.1, 0.15) is 17.0 Å². The molecule has 28 heavy (non-hydrogen) atoms. The molecule has 1 heterocycles. The Labute approximate surface area is 167 Å². The van der Waals surface area contributed by atoms with Crippen LogP contribution in [0.25, 0.3) is 0 Å². The zero-order valence-corrected chi connectivity index (χ0v) is 16.8. The molecule has 3 aromatic rings. The number of nitrogens with one attached hydrogen (secondary N) is 2. The summed E-state index contributed by atoms with van der Waals surface area (Å²) in [5.74, 6) is 0.599. The highest BCUT2D eigenvalue weighted by Crippen LogP contribution is 2.19. The van der Waals surface area contributed by atoms with E-state index in [2.05, 4.69) is 20.8 Å². The standard InChI is InChI=1S/C20H22FN5OS/c1-13-4-5-14(2)17(10-13)23-19(27)12-28-20-25-24-18(26(20)3)11-22-16-8-6-15(21)7-9-16/h4-10,22H,11-12H2,1-3H3,(H,23,27). The van der Waals surface area contributed by atoms with Crippen LogP contribution in [0.2, 0.25) is 0 Å². The first kappa shape index (κ1) is 19.9. The third kappa shape index (κ3) is 5.10. The molecule has 0 unspecified atom stereocenters. The molecular weight excluding hydrogens is 377 g/mol. The first-order valence-electron chi connectivity index (χ1n) is 8.80. The van der Waals surface area contributed by atoms with Crippen molar-refractivity contribution in [3.8, 4) is 0 Å². The number of hydrogen-bond acceptors (Lipinski definition) is 5. The van der Waals surface area contributed by atoms with Gasteiger partial charge in [0.05, 0.1) is 12.3 Å². The molecule has 3 rings (SSSR count). The van der Waals surface area contributed by atoms with Gasteiger partial charge in [-0.25, -0.2) is 4.39 Å². The summed E-state index contributed by atoms with van der Waals surface area (Å²) in [7, 11) is 1.85.